The van der Waals surface area contributed by atoms with Gasteiger partial charge in [0.2, 0.25) is 5.91 Å². The van der Waals surface area contributed by atoms with Crippen LogP contribution in [0, 0.1) is 0 Å². The number of hydrogen-bond donors (Lipinski definition) is 3. The number of benzene rings is 1. The van der Waals surface area contributed by atoms with Crippen LogP contribution in [0.5, 0.6) is 5.75 Å². The number of carbonyl (C=O) groups excluding carboxylic acids is 1. The highest BCUT2D eigenvalue weighted by Gasteiger charge is 2.17. The second-order valence-corrected chi connectivity index (χ2v) is 5.62. The Bertz CT molecular complexity index is 543. The number of hydrogen-bond acceptors (Lipinski definition) is 5. The Morgan fingerprint density at radius 3 is 2.82 bits per heavy atom. The molecule has 0 spiro atoms. The Hall–Kier alpha value is -1.92. The van der Waals surface area contributed by atoms with Gasteiger partial charge in [-0.1, -0.05) is 26.0 Å². The molecule has 1 aliphatic heterocycles. The van der Waals surface area contributed by atoms with Gasteiger partial charge in [0.15, 0.2) is 0 Å². The molecule has 2 rings (SSSR count). The summed E-state index contributed by atoms with van der Waals surface area (Å²) in [4.78, 5) is 11.2. The minimum atomic E-state index is -0.580. The molecular formula is C16H23N3O3. The van der Waals surface area contributed by atoms with Crippen molar-refractivity contribution < 1.29 is 14.6 Å². The monoisotopic (exact) mass is 305 g/mol. The molecule has 3 N–H and O–H groups in total. The Kier molecular flexibility index (Phi) is 5.91. The molecule has 1 atom stereocenters. The zero-order valence-corrected chi connectivity index (χ0v) is 13.0. The van der Waals surface area contributed by atoms with E-state index in [1.165, 1.54) is 0 Å². The zero-order chi connectivity index (χ0) is 15.9. The summed E-state index contributed by atoms with van der Waals surface area (Å²) in [6.45, 7) is 4.74. The van der Waals surface area contributed by atoms with E-state index >= 15 is 0 Å². The van der Waals surface area contributed by atoms with E-state index in [-0.39, 0.29) is 12.5 Å². The number of ether oxygens (including phenoxy) is 1. The fourth-order valence-corrected chi connectivity index (χ4v) is 2.12. The SMILES string of the molecule is CC(C)NCC(O)COc1ccccc1C1=NNC(=O)CC1. The van der Waals surface area contributed by atoms with Gasteiger partial charge in [-0.3, -0.25) is 4.79 Å². The average Bonchev–Trinajstić information content (AvgIpc) is 2.52. The Morgan fingerprint density at radius 2 is 2.14 bits per heavy atom. The van der Waals surface area contributed by atoms with Crippen LogP contribution < -0.4 is 15.5 Å². The molecule has 1 amide bonds. The van der Waals surface area contributed by atoms with Crippen molar-refractivity contribution in [3.05, 3.63) is 29.8 Å². The second kappa shape index (κ2) is 7.91. The lowest BCUT2D eigenvalue weighted by atomic mass is 10.0. The highest BCUT2D eigenvalue weighted by atomic mass is 16.5. The second-order valence-electron chi connectivity index (χ2n) is 5.62. The number of rotatable bonds is 7. The zero-order valence-electron chi connectivity index (χ0n) is 13.0. The number of nitrogens with zero attached hydrogens (tertiary/aromatic N) is 1. The van der Waals surface area contributed by atoms with Gasteiger partial charge in [-0.05, 0) is 12.1 Å². The highest BCUT2D eigenvalue weighted by molar-refractivity contribution is 6.05. The van der Waals surface area contributed by atoms with E-state index in [1.54, 1.807) is 0 Å². The van der Waals surface area contributed by atoms with Crippen molar-refractivity contribution in [1.82, 2.24) is 10.7 Å². The van der Waals surface area contributed by atoms with Crippen molar-refractivity contribution in [2.75, 3.05) is 13.2 Å². The van der Waals surface area contributed by atoms with Crippen molar-refractivity contribution >= 4 is 11.6 Å². The number of aliphatic hydroxyl groups is 1. The predicted octanol–water partition coefficient (Wildman–Crippen LogP) is 1.04. The van der Waals surface area contributed by atoms with E-state index in [0.29, 0.717) is 31.2 Å². The number of carbonyl (C=O) groups is 1. The normalized spacial score (nSPS) is 16.2. The fourth-order valence-electron chi connectivity index (χ4n) is 2.12. The Morgan fingerprint density at radius 1 is 1.36 bits per heavy atom. The van der Waals surface area contributed by atoms with Crippen molar-refractivity contribution in [3.63, 3.8) is 0 Å². The first-order valence-electron chi connectivity index (χ1n) is 7.55. The van der Waals surface area contributed by atoms with Crippen LogP contribution in [-0.2, 0) is 4.79 Å². The summed E-state index contributed by atoms with van der Waals surface area (Å²) in [6.07, 6.45) is 0.432. The fraction of sp³-hybridized carbons (Fsp3) is 0.500. The molecule has 120 valence electrons. The average molecular weight is 305 g/mol. The summed E-state index contributed by atoms with van der Waals surface area (Å²) in [5.41, 5.74) is 4.14. The van der Waals surface area contributed by atoms with Crippen molar-refractivity contribution in [3.8, 4) is 5.75 Å². The lowest BCUT2D eigenvalue weighted by Crippen LogP contribution is -2.35. The molecular weight excluding hydrogens is 282 g/mol. The van der Waals surface area contributed by atoms with Gasteiger partial charge in [0.25, 0.3) is 0 Å². The first-order valence-corrected chi connectivity index (χ1v) is 7.55. The van der Waals surface area contributed by atoms with Crippen LogP contribution in [0.4, 0.5) is 0 Å². The van der Waals surface area contributed by atoms with E-state index in [2.05, 4.69) is 15.8 Å². The minimum absolute atomic E-state index is 0.0719. The molecule has 0 aromatic heterocycles. The van der Waals surface area contributed by atoms with Crippen LogP contribution in [0.15, 0.2) is 29.4 Å². The maximum absolute atomic E-state index is 11.2. The number of nitrogens with one attached hydrogen (secondary N) is 2. The van der Waals surface area contributed by atoms with Crippen molar-refractivity contribution in [2.24, 2.45) is 5.10 Å². The molecule has 0 saturated heterocycles. The maximum atomic E-state index is 11.2. The van der Waals surface area contributed by atoms with E-state index in [4.69, 9.17) is 4.74 Å². The number of aliphatic hydroxyl groups excluding tert-OH is 1. The van der Waals surface area contributed by atoms with Gasteiger partial charge >= 0.3 is 0 Å². The van der Waals surface area contributed by atoms with Gasteiger partial charge in [0.05, 0.1) is 5.71 Å². The van der Waals surface area contributed by atoms with Crippen LogP contribution in [0.25, 0.3) is 0 Å². The van der Waals surface area contributed by atoms with Crippen LogP contribution in [-0.4, -0.2) is 42.0 Å². The van der Waals surface area contributed by atoms with E-state index in [9.17, 15) is 9.90 Å². The van der Waals surface area contributed by atoms with E-state index in [0.717, 1.165) is 11.3 Å². The first kappa shape index (κ1) is 16.5. The molecule has 1 aromatic carbocycles. The highest BCUT2D eigenvalue weighted by Crippen LogP contribution is 2.22. The minimum Gasteiger partial charge on any atom is -0.490 e. The van der Waals surface area contributed by atoms with Crippen molar-refractivity contribution in [1.29, 1.82) is 0 Å². The summed E-state index contributed by atoms with van der Waals surface area (Å²) in [5.74, 6) is 0.596. The van der Waals surface area contributed by atoms with Crippen LogP contribution in [0.2, 0.25) is 0 Å². The number of para-hydroxylation sites is 1. The molecule has 0 radical (unpaired) electrons. The number of amides is 1. The van der Waals surface area contributed by atoms with E-state index in [1.807, 2.05) is 38.1 Å². The summed E-state index contributed by atoms with van der Waals surface area (Å²) in [6, 6.07) is 7.85. The molecule has 0 saturated carbocycles. The smallest absolute Gasteiger partial charge is 0.240 e. The third kappa shape index (κ3) is 4.82. The Labute approximate surface area is 130 Å². The third-order valence-corrected chi connectivity index (χ3v) is 3.30. The molecule has 0 fully saturated rings. The molecule has 22 heavy (non-hydrogen) atoms. The Balaban J connectivity index is 1.98. The molecule has 6 nitrogen and oxygen atoms in total. The van der Waals surface area contributed by atoms with Crippen LogP contribution >= 0.6 is 0 Å². The summed E-state index contributed by atoms with van der Waals surface area (Å²) < 4.78 is 5.73. The molecule has 1 aromatic rings. The molecule has 1 aliphatic rings. The first-order chi connectivity index (χ1) is 10.6. The van der Waals surface area contributed by atoms with Gasteiger partial charge in [0.1, 0.15) is 18.5 Å². The van der Waals surface area contributed by atoms with Gasteiger partial charge in [0, 0.05) is 31.0 Å². The molecule has 0 bridgehead atoms. The van der Waals surface area contributed by atoms with Gasteiger partial charge in [-0.2, -0.15) is 5.10 Å². The summed E-state index contributed by atoms with van der Waals surface area (Å²) >= 11 is 0. The molecule has 0 aliphatic carbocycles. The van der Waals surface area contributed by atoms with Crippen LogP contribution in [0.1, 0.15) is 32.3 Å². The lowest BCUT2D eigenvalue weighted by Gasteiger charge is -2.18. The van der Waals surface area contributed by atoms with Crippen molar-refractivity contribution in [2.45, 2.75) is 38.8 Å². The van der Waals surface area contributed by atoms with Gasteiger partial charge in [-0.25, -0.2) is 5.43 Å². The molecule has 1 unspecified atom stereocenters. The topological polar surface area (TPSA) is 82.9 Å². The quantitative estimate of drug-likeness (QED) is 0.703. The maximum Gasteiger partial charge on any atom is 0.240 e. The van der Waals surface area contributed by atoms with E-state index < -0.39 is 6.10 Å². The van der Waals surface area contributed by atoms with Gasteiger partial charge < -0.3 is 15.2 Å². The lowest BCUT2D eigenvalue weighted by molar-refractivity contribution is -0.121. The summed E-state index contributed by atoms with van der Waals surface area (Å²) in [7, 11) is 0. The van der Waals surface area contributed by atoms with Crippen LogP contribution in [0.3, 0.4) is 0 Å². The largest absolute Gasteiger partial charge is 0.490 e. The van der Waals surface area contributed by atoms with Gasteiger partial charge in [-0.15, -0.1) is 0 Å². The third-order valence-electron chi connectivity index (χ3n) is 3.30. The standard InChI is InChI=1S/C16H23N3O3/c1-11(2)17-9-12(20)10-22-15-6-4-3-5-13(15)14-7-8-16(21)19-18-14/h3-6,11-12,17,20H,7-10H2,1-2H3,(H,19,21). The molecule has 6 heteroatoms. The molecule has 1 heterocycles. The summed E-state index contributed by atoms with van der Waals surface area (Å²) in [5, 5.41) is 17.2. The number of hydrazone groups is 1. The predicted molar refractivity (Wildman–Crippen MR) is 85.0 cm³/mol.